The molecule has 1 aromatic carbocycles. The van der Waals surface area contributed by atoms with Gasteiger partial charge in [-0.3, -0.25) is 0 Å². The fourth-order valence-corrected chi connectivity index (χ4v) is 3.01. The Balaban J connectivity index is 1.51. The first-order valence-electron chi connectivity index (χ1n) is 9.61. The SMILES string of the molecule is CCOC(=O)c1cc(CNc2nccc(/C(C#N)=C3\Nc4ccccc4O3)n2)c(C)o1. The molecule has 1 aliphatic heterocycles. The molecule has 3 aromatic rings. The van der Waals surface area contributed by atoms with Crippen molar-refractivity contribution in [2.45, 2.75) is 20.4 Å². The smallest absolute Gasteiger partial charge is 0.374 e. The van der Waals surface area contributed by atoms with Crippen LogP contribution in [-0.4, -0.2) is 22.5 Å². The molecule has 156 valence electrons. The number of aryl methyl sites for hydroxylation is 1. The Bertz CT molecular complexity index is 1180. The van der Waals surface area contributed by atoms with Crippen LogP contribution in [0.1, 0.15) is 34.5 Å². The average Bonchev–Trinajstić information content (AvgIpc) is 3.36. The number of para-hydroxylation sites is 2. The maximum atomic E-state index is 11.8. The Labute approximate surface area is 178 Å². The van der Waals surface area contributed by atoms with Gasteiger partial charge >= 0.3 is 5.97 Å². The molecule has 4 rings (SSSR count). The molecule has 0 radical (unpaired) electrons. The average molecular weight is 417 g/mol. The Morgan fingerprint density at radius 3 is 2.94 bits per heavy atom. The maximum Gasteiger partial charge on any atom is 0.374 e. The summed E-state index contributed by atoms with van der Waals surface area (Å²) in [4.78, 5) is 20.5. The van der Waals surface area contributed by atoms with E-state index in [9.17, 15) is 10.1 Å². The third-order valence-corrected chi connectivity index (χ3v) is 4.53. The van der Waals surface area contributed by atoms with Gasteiger partial charge < -0.3 is 24.5 Å². The summed E-state index contributed by atoms with van der Waals surface area (Å²) in [7, 11) is 0. The Morgan fingerprint density at radius 2 is 2.16 bits per heavy atom. The number of esters is 1. The van der Waals surface area contributed by atoms with Gasteiger partial charge in [0.2, 0.25) is 17.6 Å². The van der Waals surface area contributed by atoms with Gasteiger partial charge in [-0.15, -0.1) is 0 Å². The summed E-state index contributed by atoms with van der Waals surface area (Å²) in [5.74, 6) is 1.51. The van der Waals surface area contributed by atoms with Crippen molar-refractivity contribution in [2.75, 3.05) is 17.2 Å². The Hall–Kier alpha value is -4.32. The molecule has 9 nitrogen and oxygen atoms in total. The van der Waals surface area contributed by atoms with Gasteiger partial charge in [0.1, 0.15) is 17.4 Å². The second-order valence-electron chi connectivity index (χ2n) is 6.57. The van der Waals surface area contributed by atoms with Crippen molar-refractivity contribution in [3.63, 3.8) is 0 Å². The molecule has 3 heterocycles. The molecule has 0 saturated heterocycles. The molecule has 0 fully saturated rings. The number of benzene rings is 1. The van der Waals surface area contributed by atoms with E-state index in [0.29, 0.717) is 35.6 Å². The van der Waals surface area contributed by atoms with Crippen molar-refractivity contribution in [1.29, 1.82) is 5.26 Å². The number of nitrogens with one attached hydrogen (secondary N) is 2. The number of nitriles is 1. The minimum Gasteiger partial charge on any atom is -0.460 e. The highest BCUT2D eigenvalue weighted by molar-refractivity contribution is 5.86. The zero-order valence-corrected chi connectivity index (χ0v) is 16.9. The minimum absolute atomic E-state index is 0.145. The number of aromatic nitrogens is 2. The fourth-order valence-electron chi connectivity index (χ4n) is 3.01. The predicted octanol–water partition coefficient (Wildman–Crippen LogP) is 3.86. The number of fused-ring (bicyclic) bond motifs is 1. The lowest BCUT2D eigenvalue weighted by molar-refractivity contribution is 0.0488. The number of nitrogens with zero attached hydrogens (tertiary/aromatic N) is 3. The molecular formula is C22H19N5O4. The lowest BCUT2D eigenvalue weighted by Crippen LogP contribution is -2.07. The highest BCUT2D eigenvalue weighted by Crippen LogP contribution is 2.35. The maximum absolute atomic E-state index is 11.8. The van der Waals surface area contributed by atoms with Gasteiger partial charge in [-0.2, -0.15) is 5.26 Å². The van der Waals surface area contributed by atoms with Crippen LogP contribution in [0.5, 0.6) is 5.75 Å². The van der Waals surface area contributed by atoms with Crippen molar-refractivity contribution in [2.24, 2.45) is 0 Å². The van der Waals surface area contributed by atoms with E-state index in [0.717, 1.165) is 11.3 Å². The summed E-state index contributed by atoms with van der Waals surface area (Å²) in [5.41, 5.74) is 2.22. The van der Waals surface area contributed by atoms with E-state index in [2.05, 4.69) is 26.7 Å². The number of ether oxygens (including phenoxy) is 2. The normalized spacial score (nSPS) is 13.5. The standard InChI is InChI=1S/C22H19N5O4/c1-3-29-21(28)19-10-14(13(2)30-19)12-25-22-24-9-8-16(27-22)15(11-23)20-26-17-6-4-5-7-18(17)31-20/h4-10,26H,3,12H2,1-2H3,(H,24,25,27)/b20-15+. The van der Waals surface area contributed by atoms with Crippen LogP contribution in [0, 0.1) is 18.3 Å². The van der Waals surface area contributed by atoms with Crippen LogP contribution < -0.4 is 15.4 Å². The van der Waals surface area contributed by atoms with Crippen LogP contribution >= 0.6 is 0 Å². The third-order valence-electron chi connectivity index (χ3n) is 4.53. The second-order valence-corrected chi connectivity index (χ2v) is 6.57. The largest absolute Gasteiger partial charge is 0.460 e. The van der Waals surface area contributed by atoms with E-state index in [1.807, 2.05) is 24.3 Å². The van der Waals surface area contributed by atoms with Crippen molar-refractivity contribution < 1.29 is 18.7 Å². The molecule has 2 N–H and O–H groups in total. The molecule has 0 unspecified atom stereocenters. The summed E-state index contributed by atoms with van der Waals surface area (Å²) in [6, 6.07) is 12.8. The topological polar surface area (TPSA) is 122 Å². The zero-order chi connectivity index (χ0) is 21.8. The number of anilines is 2. The predicted molar refractivity (Wildman–Crippen MR) is 112 cm³/mol. The van der Waals surface area contributed by atoms with E-state index in [1.165, 1.54) is 0 Å². The van der Waals surface area contributed by atoms with Gasteiger partial charge in [-0.1, -0.05) is 12.1 Å². The molecule has 1 aliphatic rings. The number of furan rings is 1. The van der Waals surface area contributed by atoms with Gasteiger partial charge in [0.15, 0.2) is 5.75 Å². The molecule has 0 spiro atoms. The van der Waals surface area contributed by atoms with Gasteiger partial charge in [0.25, 0.3) is 0 Å². The number of rotatable bonds is 6. The first kappa shape index (κ1) is 20.0. The van der Waals surface area contributed by atoms with Crippen LogP contribution in [0.25, 0.3) is 5.57 Å². The molecule has 0 atom stereocenters. The molecular weight excluding hydrogens is 398 g/mol. The van der Waals surface area contributed by atoms with Gasteiger partial charge in [-0.25, -0.2) is 14.8 Å². The van der Waals surface area contributed by atoms with Crippen molar-refractivity contribution in [3.05, 3.63) is 71.3 Å². The Morgan fingerprint density at radius 1 is 1.32 bits per heavy atom. The molecule has 2 aromatic heterocycles. The van der Waals surface area contributed by atoms with Crippen molar-refractivity contribution in [1.82, 2.24) is 9.97 Å². The monoisotopic (exact) mass is 417 g/mol. The van der Waals surface area contributed by atoms with E-state index < -0.39 is 5.97 Å². The third kappa shape index (κ3) is 4.18. The number of hydrogen-bond acceptors (Lipinski definition) is 9. The van der Waals surface area contributed by atoms with Crippen LogP contribution in [0.15, 0.2) is 52.9 Å². The van der Waals surface area contributed by atoms with Crippen LogP contribution in [0.4, 0.5) is 11.6 Å². The van der Waals surface area contributed by atoms with E-state index >= 15 is 0 Å². The summed E-state index contributed by atoms with van der Waals surface area (Å²) < 4.78 is 16.2. The molecule has 9 heteroatoms. The summed E-state index contributed by atoms with van der Waals surface area (Å²) in [5, 5.41) is 15.9. The lowest BCUT2D eigenvalue weighted by Gasteiger charge is -2.07. The van der Waals surface area contributed by atoms with E-state index in [-0.39, 0.29) is 17.9 Å². The summed E-state index contributed by atoms with van der Waals surface area (Å²) >= 11 is 0. The first-order chi connectivity index (χ1) is 15.1. The molecule has 0 amide bonds. The number of carbonyl (C=O) groups excluding carboxylic acids is 1. The van der Waals surface area contributed by atoms with Crippen LogP contribution in [-0.2, 0) is 11.3 Å². The summed E-state index contributed by atoms with van der Waals surface area (Å²) in [6.45, 7) is 4.09. The van der Waals surface area contributed by atoms with Gasteiger partial charge in [0.05, 0.1) is 18.0 Å². The number of hydrogen-bond donors (Lipinski definition) is 2. The molecule has 0 aliphatic carbocycles. The second kappa shape index (κ2) is 8.59. The quantitative estimate of drug-likeness (QED) is 0.454. The van der Waals surface area contributed by atoms with Crippen LogP contribution in [0.3, 0.4) is 0 Å². The minimum atomic E-state index is -0.509. The first-order valence-corrected chi connectivity index (χ1v) is 9.61. The fraction of sp³-hybridized carbons (Fsp3) is 0.182. The molecule has 31 heavy (non-hydrogen) atoms. The van der Waals surface area contributed by atoms with Gasteiger partial charge in [-0.05, 0) is 38.1 Å². The van der Waals surface area contributed by atoms with E-state index in [4.69, 9.17) is 13.9 Å². The van der Waals surface area contributed by atoms with Gasteiger partial charge in [0, 0.05) is 18.3 Å². The summed E-state index contributed by atoms with van der Waals surface area (Å²) in [6.07, 6.45) is 1.55. The van der Waals surface area contributed by atoms with E-state index in [1.54, 1.807) is 32.2 Å². The van der Waals surface area contributed by atoms with Crippen molar-refractivity contribution >= 4 is 23.2 Å². The lowest BCUT2D eigenvalue weighted by atomic mass is 10.2. The molecule has 0 bridgehead atoms. The zero-order valence-electron chi connectivity index (χ0n) is 16.9. The highest BCUT2D eigenvalue weighted by atomic mass is 16.5. The number of carbonyl (C=O) groups is 1. The van der Waals surface area contributed by atoms with Crippen molar-refractivity contribution in [3.8, 4) is 11.8 Å². The highest BCUT2D eigenvalue weighted by Gasteiger charge is 2.22. The number of allylic oxidation sites excluding steroid dienone is 1. The Kier molecular flexibility index (Phi) is 5.53. The van der Waals surface area contributed by atoms with Crippen LogP contribution in [0.2, 0.25) is 0 Å². The molecule has 0 saturated carbocycles.